The maximum atomic E-state index is 4.30. The van der Waals surface area contributed by atoms with Crippen LogP contribution in [0.25, 0.3) is 0 Å². The minimum absolute atomic E-state index is 0. The molecule has 54 heteroatoms. The Morgan fingerprint density at radius 2 is 0.462 bits per heavy atom. The average Bonchev–Trinajstić information content (AvgIpc) is 0.910. The molecule has 6 radical (unpaired) electrons. The quantitative estimate of drug-likeness (QED) is 0.0360. The van der Waals surface area contributed by atoms with Gasteiger partial charge in [0.05, 0.1) is 29.5 Å². The van der Waals surface area contributed by atoms with Gasteiger partial charge in [0.25, 0.3) is 20.9 Å². The minimum Gasteiger partial charge on any atom is -0.476 e. The van der Waals surface area contributed by atoms with Crippen molar-refractivity contribution in [3.05, 3.63) is 165 Å². The van der Waals surface area contributed by atoms with Crippen LogP contribution in [0, 0.1) is 0 Å². The molecule has 6 fully saturated rings. The molecule has 0 aliphatic carbocycles. The smallest absolute Gasteiger partial charge is 0.319 e. The van der Waals surface area contributed by atoms with Gasteiger partial charge < -0.3 is 113 Å². The molecule has 0 bridgehead atoms. The summed E-state index contributed by atoms with van der Waals surface area (Å²) in [6.07, 6.45) is 25.8. The molecule has 0 amide bonds. The monoisotopic (exact) mass is 2940 g/mol. The molecule has 130 heavy (non-hydrogen) atoms. The van der Waals surface area contributed by atoms with Gasteiger partial charge in [0.1, 0.15) is 29.5 Å². The van der Waals surface area contributed by atoms with Crippen molar-refractivity contribution in [1.82, 2.24) is 103 Å². The van der Waals surface area contributed by atoms with Crippen LogP contribution in [-0.2, 0) is 126 Å². The van der Waals surface area contributed by atoms with Crippen molar-refractivity contribution in [2.24, 2.45) is 0 Å². The van der Waals surface area contributed by atoms with Crippen LogP contribution >= 0.6 is 0 Å². The SMILES string of the molecule is CB1N(c2ccccc2)[SiH]N(c2ccn[n-]2)B(C)N1C(C)C.CCCCCCN1B(C)N(C)[SiH]N(c2ccn[n-]2)B1C.CCCCCN1B(C)N(C)[SiH]N(c2ccn[n-]2)B1C.CCCCN1B(C)N(C)[SiH]N(c2ccn[n-]2)B1C.CCCCN1B(C)N(c2ccccc2)[SiH]N(c2ccn[n-]2)B1C.CCCN1B(C)N(c2ccccc2)[SiH]N(c2ccn[n-]2)B1C.[Pt].[Pt].[Pt].[Pt].[Pt].[Pt]. The fourth-order valence-corrected chi connectivity index (χ4v) is 26.2. The number of hydrogen-bond donors (Lipinski definition) is 0. The molecule has 3 aromatic carbocycles. The molecule has 714 valence electrons. The first-order valence-electron chi connectivity index (χ1n) is 45.7. The number of anilines is 9. The Morgan fingerprint density at radius 1 is 0.246 bits per heavy atom. The van der Waals surface area contributed by atoms with Crippen LogP contribution in [0.15, 0.2) is 165 Å². The molecule has 0 atom stereocenters. The molecule has 0 unspecified atom stereocenters. The summed E-state index contributed by atoms with van der Waals surface area (Å²) in [7, 11) is 6.70. The number of hydrogen-bond acceptors (Lipinski definition) is 24. The minimum atomic E-state index is -0.0747. The van der Waals surface area contributed by atoms with E-state index in [9.17, 15) is 0 Å². The summed E-state index contributed by atoms with van der Waals surface area (Å²) < 4.78 is 44.6. The van der Waals surface area contributed by atoms with Crippen LogP contribution in [0.2, 0.25) is 81.9 Å². The van der Waals surface area contributed by atoms with E-state index < -0.39 is 0 Å². The average molecular weight is 2940 g/mol. The number of aromatic nitrogens is 12. The Balaban J connectivity index is 0.000000324. The van der Waals surface area contributed by atoms with Crippen molar-refractivity contribution >= 4 is 195 Å². The van der Waals surface area contributed by atoms with Gasteiger partial charge in [-0.25, -0.2) is 0 Å². The molecular weight excluding hydrogens is 2800 g/mol. The van der Waals surface area contributed by atoms with E-state index in [0.717, 1.165) is 74.1 Å². The first-order chi connectivity index (χ1) is 60.0. The summed E-state index contributed by atoms with van der Waals surface area (Å²) in [6.45, 7) is 53.9. The van der Waals surface area contributed by atoms with Crippen molar-refractivity contribution in [3.8, 4) is 0 Å². The summed E-state index contributed by atoms with van der Waals surface area (Å²) in [5.41, 5.74) is 3.84. The van der Waals surface area contributed by atoms with Gasteiger partial charge in [-0.05, 0) is 200 Å². The molecule has 0 saturated carbocycles. The van der Waals surface area contributed by atoms with Crippen molar-refractivity contribution in [2.75, 3.05) is 94.2 Å². The molecule has 0 N–H and O–H groups in total. The van der Waals surface area contributed by atoms with Crippen molar-refractivity contribution in [1.29, 1.82) is 0 Å². The molecule has 30 nitrogen and oxygen atoms in total. The van der Waals surface area contributed by atoms with E-state index in [1.54, 1.807) is 37.2 Å². The van der Waals surface area contributed by atoms with E-state index in [-0.39, 0.29) is 185 Å². The molecule has 15 rings (SSSR count). The van der Waals surface area contributed by atoms with E-state index in [2.05, 4.69) is 386 Å². The molecule has 6 aromatic heterocycles. The van der Waals surface area contributed by atoms with E-state index >= 15 is 0 Å². The molecule has 0 spiro atoms. The van der Waals surface area contributed by atoms with E-state index in [0.29, 0.717) is 89.8 Å². The van der Waals surface area contributed by atoms with Crippen LogP contribution in [-0.4, -0.2) is 275 Å². The number of unbranched alkanes of at least 4 members (excludes halogenated alkanes) is 7. The number of rotatable bonds is 27. The summed E-state index contributed by atoms with van der Waals surface area (Å²) >= 11 is 0. The van der Waals surface area contributed by atoms with Gasteiger partial charge in [0, 0.05) is 181 Å². The second-order valence-electron chi connectivity index (χ2n) is 33.5. The van der Waals surface area contributed by atoms with Crippen LogP contribution in [0.1, 0.15) is 126 Å². The summed E-state index contributed by atoms with van der Waals surface area (Å²) in [6, 6.07) is 44.5. The third-order valence-corrected chi connectivity index (χ3v) is 36.1. The molecular formula is C76H134B12N30Pt6Si6-6. The largest absolute Gasteiger partial charge is 0.476 e. The first kappa shape index (κ1) is 119. The Bertz CT molecular complexity index is 4320. The molecule has 9 aromatic rings. The first-order valence-corrected chi connectivity index (χ1v) is 51.9. The third kappa shape index (κ3) is 32.0. The van der Waals surface area contributed by atoms with E-state index in [4.69, 9.17) is 0 Å². The van der Waals surface area contributed by atoms with Crippen LogP contribution in [0.3, 0.4) is 0 Å². The topological polar surface area (TPSA) is 220 Å². The summed E-state index contributed by atoms with van der Waals surface area (Å²) in [4.78, 5) is 0. The Morgan fingerprint density at radius 3 is 0.715 bits per heavy atom. The maximum absolute atomic E-state index is 4.30. The van der Waals surface area contributed by atoms with Gasteiger partial charge in [-0.15, -0.1) is 0 Å². The standard InChI is InChI=1S/C15H23B2N5Si.2C14H21B2N5Si.C12H25B2N5Si.C11H23B2N5Si.C10H21B2N5Si.6Pt/c1-4-5-13-20-16(2)21(14-9-7-6-8-10-14)23-22(17(20)3)15-11-12-18-19-15;1-12(2)19-15(3)20(13-8-6-5-7-9-13)22-21(16(19)4)14-10-11-17-18-14;1-4-12-19-15(2)20(13-8-6-5-7-9-13)22-21(16(19)3)14-10-11-17-18-14;1-5-6-7-8-11-18-13(2)17(4)20-19(14(18)3)12-9-10-15-16-12;1-5-6-7-10-17-12(2)16(4)19-18(13(17)3)11-8-9-14-15-11;1-5-6-9-16-11(2)15(4)18-17(12(16)3)10-7-8-13-14-10;;;;;;/h6-12,23H,4-5,13H2,1-3H3;5-12,22H,1-4H3;5-11,22H,4,12H2,1-3H3;9-10,20H,5-8,11H2,1-4H3;8-9,19H,5-7,10H2,1-4H3;7-8,18H,5-6,9H2,1-4H3;;;;;;/q6*-1;;;;;;. The van der Waals surface area contributed by atoms with Gasteiger partial charge in [-0.3, -0.25) is 30.6 Å². The molecule has 6 aliphatic rings. The maximum Gasteiger partial charge on any atom is 0.319 e. The van der Waals surface area contributed by atoms with Crippen LogP contribution in [0.4, 0.5) is 52.0 Å². The second kappa shape index (κ2) is 61.4. The van der Waals surface area contributed by atoms with Crippen LogP contribution in [0.5, 0.6) is 0 Å². The second-order valence-corrected chi connectivity index (χ2v) is 42.3. The van der Waals surface area contributed by atoms with Gasteiger partial charge in [0.2, 0.25) is 41.9 Å². The van der Waals surface area contributed by atoms with Gasteiger partial charge in [-0.2, -0.15) is 0 Å². The van der Waals surface area contributed by atoms with Gasteiger partial charge in [0.15, 0.2) is 0 Å². The number of benzene rings is 3. The predicted octanol–water partition coefficient (Wildman–Crippen LogP) is 7.47. The Kier molecular flexibility index (Phi) is 56.4. The Labute approximate surface area is 887 Å². The number of para-hydroxylation sites is 3. The Hall–Kier alpha value is -3.03. The normalized spacial score (nSPS) is 16.6. The van der Waals surface area contributed by atoms with E-state index in [1.807, 2.05) is 36.4 Å². The van der Waals surface area contributed by atoms with Gasteiger partial charge >= 0.3 is 20.9 Å². The summed E-state index contributed by atoms with van der Waals surface area (Å²) in [5, 5.41) is 49.4. The van der Waals surface area contributed by atoms with Gasteiger partial charge in [-0.1, -0.05) is 230 Å². The third-order valence-electron chi connectivity index (χ3n) is 25.1. The predicted molar refractivity (Wildman–Crippen MR) is 547 cm³/mol. The zero-order valence-electron chi connectivity index (χ0n) is 80.4. The fourth-order valence-electron chi connectivity index (χ4n) is 17.4. The summed E-state index contributed by atoms with van der Waals surface area (Å²) in [5.74, 6) is 5.99. The van der Waals surface area contributed by atoms with Crippen molar-refractivity contribution < 1.29 is 126 Å². The zero-order chi connectivity index (χ0) is 88.9. The molecule has 6 aliphatic heterocycles. The molecule has 6 saturated heterocycles. The number of nitrogens with zero attached hydrogens (tertiary/aromatic N) is 30. The van der Waals surface area contributed by atoms with Crippen molar-refractivity contribution in [2.45, 2.75) is 213 Å². The van der Waals surface area contributed by atoms with Crippen LogP contribution < -0.4 is 70.9 Å². The van der Waals surface area contributed by atoms with E-state index in [1.165, 1.54) is 87.7 Å². The molecule has 12 heterocycles. The zero-order valence-corrected chi connectivity index (χ0v) is 101. The fraction of sp³-hybridized carbons (Fsp3) is 0.526. The van der Waals surface area contributed by atoms with Crippen molar-refractivity contribution in [3.63, 3.8) is 0 Å².